The molecular formula is C16H21ClN6O3. The number of carbonyl (C=O) groups is 1. The Bertz CT molecular complexity index is 839. The fourth-order valence-electron chi connectivity index (χ4n) is 3.02. The minimum absolute atomic E-state index is 0. The molecule has 0 spiro atoms. The third-order valence-corrected chi connectivity index (χ3v) is 4.72. The normalized spacial score (nSPS) is 19.3. The first kappa shape index (κ1) is 19.8. The number of hydrogen-bond donors (Lipinski definition) is 1. The Morgan fingerprint density at radius 1 is 1.46 bits per heavy atom. The monoisotopic (exact) mass is 380 g/mol. The van der Waals surface area contributed by atoms with E-state index in [1.165, 1.54) is 16.8 Å². The van der Waals surface area contributed by atoms with E-state index in [1.54, 1.807) is 24.0 Å². The number of aromatic nitrogens is 3. The first-order valence-corrected chi connectivity index (χ1v) is 8.01. The number of rotatable bonds is 4. The summed E-state index contributed by atoms with van der Waals surface area (Å²) in [6.45, 7) is 5.54. The fourth-order valence-corrected chi connectivity index (χ4v) is 3.02. The van der Waals surface area contributed by atoms with Crippen molar-refractivity contribution in [3.63, 3.8) is 0 Å². The maximum atomic E-state index is 12.8. The minimum atomic E-state index is -0.473. The number of nitro benzene ring substituents is 1. The van der Waals surface area contributed by atoms with E-state index in [9.17, 15) is 14.9 Å². The van der Waals surface area contributed by atoms with Gasteiger partial charge in [0.2, 0.25) is 0 Å². The Labute approximate surface area is 156 Å². The molecule has 26 heavy (non-hydrogen) atoms. The van der Waals surface area contributed by atoms with Crippen molar-refractivity contribution in [2.24, 2.45) is 11.1 Å². The van der Waals surface area contributed by atoms with Gasteiger partial charge < -0.3 is 10.6 Å². The molecule has 1 aliphatic heterocycles. The predicted octanol–water partition coefficient (Wildman–Crippen LogP) is 1.72. The molecule has 0 radical (unpaired) electrons. The third kappa shape index (κ3) is 3.54. The van der Waals surface area contributed by atoms with Crippen molar-refractivity contribution in [1.82, 2.24) is 19.9 Å². The zero-order valence-electron chi connectivity index (χ0n) is 14.6. The highest BCUT2D eigenvalue weighted by molar-refractivity contribution is 5.93. The van der Waals surface area contributed by atoms with Crippen LogP contribution in [-0.4, -0.2) is 50.4 Å². The lowest BCUT2D eigenvalue weighted by Crippen LogP contribution is -2.35. The topological polar surface area (TPSA) is 120 Å². The highest BCUT2D eigenvalue weighted by Gasteiger charge is 2.36. The van der Waals surface area contributed by atoms with Gasteiger partial charge in [0.05, 0.1) is 16.3 Å². The molecule has 1 aromatic carbocycles. The number of halogens is 1. The molecule has 0 aliphatic carbocycles. The molecule has 1 saturated heterocycles. The van der Waals surface area contributed by atoms with E-state index in [2.05, 4.69) is 17.2 Å². The van der Waals surface area contributed by atoms with Crippen LogP contribution < -0.4 is 5.73 Å². The molecule has 1 aromatic heterocycles. The average molecular weight is 381 g/mol. The van der Waals surface area contributed by atoms with Crippen molar-refractivity contribution < 1.29 is 9.72 Å². The van der Waals surface area contributed by atoms with Gasteiger partial charge in [-0.05, 0) is 31.4 Å². The summed E-state index contributed by atoms with van der Waals surface area (Å²) in [5.74, 6) is -0.189. The van der Waals surface area contributed by atoms with Crippen molar-refractivity contribution in [2.75, 3.05) is 19.6 Å². The number of nitro groups is 1. The zero-order chi connectivity index (χ0) is 18.2. The number of amides is 1. The van der Waals surface area contributed by atoms with E-state index in [-0.39, 0.29) is 35.1 Å². The Morgan fingerprint density at radius 2 is 2.19 bits per heavy atom. The van der Waals surface area contributed by atoms with E-state index in [1.807, 2.05) is 0 Å². The van der Waals surface area contributed by atoms with Crippen LogP contribution in [0.5, 0.6) is 0 Å². The van der Waals surface area contributed by atoms with Crippen LogP contribution in [0.2, 0.25) is 0 Å². The standard InChI is InChI=1S/C16H20N6O3.ClH/c1-11-14(15(23)20-7-6-16(2,9-17)10-20)18-19-21(11)12-4-3-5-13(8-12)22(24)25;/h3-5,8H,6-7,9-10,17H2,1-2H3;1H. The summed E-state index contributed by atoms with van der Waals surface area (Å²) < 4.78 is 1.44. The molecule has 1 aliphatic rings. The summed E-state index contributed by atoms with van der Waals surface area (Å²) in [6, 6.07) is 6.06. The summed E-state index contributed by atoms with van der Waals surface area (Å²) in [6.07, 6.45) is 0.854. The molecule has 0 saturated carbocycles. The number of hydrogen-bond acceptors (Lipinski definition) is 6. The Morgan fingerprint density at radius 3 is 2.81 bits per heavy atom. The van der Waals surface area contributed by atoms with Gasteiger partial charge in [-0.25, -0.2) is 4.68 Å². The van der Waals surface area contributed by atoms with Crippen LogP contribution in [0.15, 0.2) is 24.3 Å². The van der Waals surface area contributed by atoms with E-state index in [0.29, 0.717) is 31.0 Å². The van der Waals surface area contributed by atoms with Crippen LogP contribution in [0.1, 0.15) is 29.5 Å². The lowest BCUT2D eigenvalue weighted by atomic mass is 9.90. The lowest BCUT2D eigenvalue weighted by molar-refractivity contribution is -0.384. The summed E-state index contributed by atoms with van der Waals surface area (Å²) in [5.41, 5.74) is 6.98. The minimum Gasteiger partial charge on any atom is -0.337 e. The summed E-state index contributed by atoms with van der Waals surface area (Å²) >= 11 is 0. The molecular weight excluding hydrogens is 360 g/mol. The van der Waals surface area contributed by atoms with E-state index in [0.717, 1.165) is 6.42 Å². The zero-order valence-corrected chi connectivity index (χ0v) is 15.4. The molecule has 0 bridgehead atoms. The van der Waals surface area contributed by atoms with Gasteiger partial charge in [0.1, 0.15) is 0 Å². The van der Waals surface area contributed by atoms with Gasteiger partial charge in [0, 0.05) is 25.2 Å². The second-order valence-electron chi connectivity index (χ2n) is 6.70. The van der Waals surface area contributed by atoms with Crippen LogP contribution in [0, 0.1) is 22.5 Å². The second-order valence-corrected chi connectivity index (χ2v) is 6.70. The molecule has 10 heteroatoms. The summed E-state index contributed by atoms with van der Waals surface area (Å²) in [5, 5.41) is 18.9. The highest BCUT2D eigenvalue weighted by atomic mass is 35.5. The van der Waals surface area contributed by atoms with Gasteiger partial charge in [0.15, 0.2) is 5.69 Å². The SMILES string of the molecule is Cc1c(C(=O)N2CCC(C)(CN)C2)nnn1-c1cccc([N+](=O)[O-])c1.Cl. The van der Waals surface area contributed by atoms with Crippen LogP contribution in [0.3, 0.4) is 0 Å². The van der Waals surface area contributed by atoms with Crippen molar-refractivity contribution in [3.05, 3.63) is 45.8 Å². The maximum Gasteiger partial charge on any atom is 0.276 e. The smallest absolute Gasteiger partial charge is 0.276 e. The van der Waals surface area contributed by atoms with Gasteiger partial charge in [-0.3, -0.25) is 14.9 Å². The lowest BCUT2D eigenvalue weighted by Gasteiger charge is -2.22. The Kier molecular flexibility index (Phi) is 5.62. The van der Waals surface area contributed by atoms with E-state index >= 15 is 0 Å². The third-order valence-electron chi connectivity index (χ3n) is 4.72. The largest absolute Gasteiger partial charge is 0.337 e. The number of nitrogens with zero attached hydrogens (tertiary/aromatic N) is 5. The molecule has 1 amide bonds. The average Bonchev–Trinajstić information content (AvgIpc) is 3.18. The number of nitrogens with two attached hydrogens (primary N) is 1. The van der Waals surface area contributed by atoms with Gasteiger partial charge in [0.25, 0.3) is 11.6 Å². The van der Waals surface area contributed by atoms with E-state index < -0.39 is 4.92 Å². The Hall–Kier alpha value is -2.52. The molecule has 9 nitrogen and oxygen atoms in total. The molecule has 2 aromatic rings. The van der Waals surface area contributed by atoms with Crippen molar-refractivity contribution >= 4 is 24.0 Å². The van der Waals surface area contributed by atoms with Crippen molar-refractivity contribution in [3.8, 4) is 5.69 Å². The molecule has 2 heterocycles. The van der Waals surface area contributed by atoms with Gasteiger partial charge >= 0.3 is 0 Å². The number of carbonyl (C=O) groups excluding carboxylic acids is 1. The quantitative estimate of drug-likeness (QED) is 0.636. The molecule has 1 atom stereocenters. The van der Waals surface area contributed by atoms with Crippen LogP contribution >= 0.6 is 12.4 Å². The van der Waals surface area contributed by atoms with Crippen molar-refractivity contribution in [2.45, 2.75) is 20.3 Å². The fraction of sp³-hybridized carbons (Fsp3) is 0.438. The maximum absolute atomic E-state index is 12.8. The van der Waals surface area contributed by atoms with Crippen LogP contribution in [0.4, 0.5) is 5.69 Å². The van der Waals surface area contributed by atoms with Gasteiger partial charge in [-0.2, -0.15) is 0 Å². The first-order chi connectivity index (χ1) is 11.8. The van der Waals surface area contributed by atoms with Crippen LogP contribution in [-0.2, 0) is 0 Å². The molecule has 140 valence electrons. The molecule has 1 unspecified atom stereocenters. The Balaban J connectivity index is 0.00000243. The second kappa shape index (κ2) is 7.38. The molecule has 3 rings (SSSR count). The number of non-ortho nitro benzene ring substituents is 1. The highest BCUT2D eigenvalue weighted by Crippen LogP contribution is 2.29. The van der Waals surface area contributed by atoms with Crippen molar-refractivity contribution in [1.29, 1.82) is 0 Å². The molecule has 1 fully saturated rings. The number of benzene rings is 1. The summed E-state index contributed by atoms with van der Waals surface area (Å²) in [4.78, 5) is 25.0. The van der Waals surface area contributed by atoms with Gasteiger partial charge in [-0.1, -0.05) is 18.2 Å². The van der Waals surface area contributed by atoms with Crippen LogP contribution in [0.25, 0.3) is 5.69 Å². The number of likely N-dealkylation sites (tertiary alicyclic amines) is 1. The summed E-state index contributed by atoms with van der Waals surface area (Å²) in [7, 11) is 0. The first-order valence-electron chi connectivity index (χ1n) is 8.01. The predicted molar refractivity (Wildman–Crippen MR) is 97.7 cm³/mol. The van der Waals surface area contributed by atoms with E-state index in [4.69, 9.17) is 5.73 Å². The molecule has 2 N–H and O–H groups in total. The van der Waals surface area contributed by atoms with Gasteiger partial charge in [-0.15, -0.1) is 17.5 Å².